The number of nitrogens with one attached hydrogen (secondary N) is 2. The molecule has 2 heterocycles. The van der Waals surface area contributed by atoms with Crippen LogP contribution in [0, 0.1) is 6.92 Å². The van der Waals surface area contributed by atoms with Gasteiger partial charge in [-0.05, 0) is 13.0 Å². The predicted molar refractivity (Wildman–Crippen MR) is 70.6 cm³/mol. The third kappa shape index (κ3) is 3.39. The molecule has 2 aromatic rings. The molecule has 0 aromatic carbocycles. The molecule has 0 fully saturated rings. The van der Waals surface area contributed by atoms with Gasteiger partial charge in [0.1, 0.15) is 5.82 Å². The van der Waals surface area contributed by atoms with Gasteiger partial charge in [-0.15, -0.1) is 11.3 Å². The predicted octanol–water partition coefficient (Wildman–Crippen LogP) is 1.94. The maximum Gasteiger partial charge on any atom is 0.224 e. The zero-order chi connectivity index (χ0) is 12.1. The SMILES string of the molecule is CNc1nccc(NCCc2csc(C)n2)n1. The molecule has 90 valence electrons. The van der Waals surface area contributed by atoms with Gasteiger partial charge in [-0.2, -0.15) is 4.98 Å². The van der Waals surface area contributed by atoms with E-state index in [0.29, 0.717) is 5.95 Å². The minimum absolute atomic E-state index is 0.625. The maximum absolute atomic E-state index is 4.41. The highest BCUT2D eigenvalue weighted by molar-refractivity contribution is 7.09. The van der Waals surface area contributed by atoms with Crippen LogP contribution >= 0.6 is 11.3 Å². The first kappa shape index (κ1) is 11.8. The van der Waals surface area contributed by atoms with Crippen molar-refractivity contribution in [1.82, 2.24) is 15.0 Å². The second-order valence-electron chi connectivity index (χ2n) is 3.55. The van der Waals surface area contributed by atoms with E-state index in [1.165, 1.54) is 0 Å². The maximum atomic E-state index is 4.41. The minimum atomic E-state index is 0.625. The second kappa shape index (κ2) is 5.58. The Morgan fingerprint density at radius 3 is 2.94 bits per heavy atom. The van der Waals surface area contributed by atoms with E-state index in [1.807, 2.05) is 13.0 Å². The second-order valence-corrected chi connectivity index (χ2v) is 4.61. The summed E-state index contributed by atoms with van der Waals surface area (Å²) in [5.41, 5.74) is 1.13. The summed E-state index contributed by atoms with van der Waals surface area (Å²) in [6.07, 6.45) is 2.64. The summed E-state index contributed by atoms with van der Waals surface area (Å²) < 4.78 is 0. The topological polar surface area (TPSA) is 62.7 Å². The molecule has 0 saturated carbocycles. The summed E-state index contributed by atoms with van der Waals surface area (Å²) in [6, 6.07) is 1.85. The first-order valence-electron chi connectivity index (χ1n) is 5.43. The highest BCUT2D eigenvalue weighted by atomic mass is 32.1. The van der Waals surface area contributed by atoms with E-state index < -0.39 is 0 Å². The van der Waals surface area contributed by atoms with Gasteiger partial charge in [0.05, 0.1) is 10.7 Å². The molecule has 0 radical (unpaired) electrons. The van der Waals surface area contributed by atoms with Crippen LogP contribution in [0.4, 0.5) is 11.8 Å². The molecule has 17 heavy (non-hydrogen) atoms. The van der Waals surface area contributed by atoms with Gasteiger partial charge in [0.25, 0.3) is 0 Å². The first-order chi connectivity index (χ1) is 8.28. The van der Waals surface area contributed by atoms with Crippen molar-refractivity contribution in [3.8, 4) is 0 Å². The number of aromatic nitrogens is 3. The Morgan fingerprint density at radius 2 is 2.24 bits per heavy atom. The van der Waals surface area contributed by atoms with Gasteiger partial charge in [-0.3, -0.25) is 0 Å². The van der Waals surface area contributed by atoms with E-state index in [0.717, 1.165) is 29.5 Å². The average molecular weight is 249 g/mol. The summed E-state index contributed by atoms with van der Waals surface area (Å²) in [6.45, 7) is 2.84. The van der Waals surface area contributed by atoms with Crippen molar-refractivity contribution in [2.75, 3.05) is 24.2 Å². The summed E-state index contributed by atoms with van der Waals surface area (Å²) in [4.78, 5) is 12.7. The molecular formula is C11H15N5S. The normalized spacial score (nSPS) is 10.2. The molecule has 0 spiro atoms. The number of aryl methyl sites for hydroxylation is 1. The van der Waals surface area contributed by atoms with Crippen LogP contribution in [0.1, 0.15) is 10.7 Å². The number of thiazole rings is 1. The Kier molecular flexibility index (Phi) is 3.87. The van der Waals surface area contributed by atoms with Crippen LogP contribution in [0.3, 0.4) is 0 Å². The monoisotopic (exact) mass is 249 g/mol. The third-order valence-corrected chi connectivity index (χ3v) is 3.06. The van der Waals surface area contributed by atoms with Crippen molar-refractivity contribution in [2.45, 2.75) is 13.3 Å². The molecule has 0 saturated heterocycles. The molecule has 0 bridgehead atoms. The molecule has 5 nitrogen and oxygen atoms in total. The van der Waals surface area contributed by atoms with E-state index >= 15 is 0 Å². The van der Waals surface area contributed by atoms with E-state index in [1.54, 1.807) is 24.6 Å². The van der Waals surface area contributed by atoms with Crippen molar-refractivity contribution < 1.29 is 0 Å². The number of anilines is 2. The highest BCUT2D eigenvalue weighted by Crippen LogP contribution is 2.09. The fourth-order valence-electron chi connectivity index (χ4n) is 1.42. The average Bonchev–Trinajstić information content (AvgIpc) is 2.75. The van der Waals surface area contributed by atoms with Crippen LogP contribution in [-0.4, -0.2) is 28.5 Å². The highest BCUT2D eigenvalue weighted by Gasteiger charge is 1.99. The van der Waals surface area contributed by atoms with E-state index in [2.05, 4.69) is 31.0 Å². The lowest BCUT2D eigenvalue weighted by Gasteiger charge is -2.05. The van der Waals surface area contributed by atoms with Crippen LogP contribution in [0.25, 0.3) is 0 Å². The summed E-state index contributed by atoms with van der Waals surface area (Å²) in [7, 11) is 1.80. The molecule has 2 aromatic heterocycles. The third-order valence-electron chi connectivity index (χ3n) is 2.23. The van der Waals surface area contributed by atoms with Crippen LogP contribution in [0.5, 0.6) is 0 Å². The standard InChI is InChI=1S/C11H15N5S/c1-8-15-9(7-17-8)3-5-13-10-4-6-14-11(12-2)16-10/h4,6-7H,3,5H2,1-2H3,(H2,12,13,14,16). The Bertz CT molecular complexity index is 482. The molecule has 0 aliphatic rings. The van der Waals surface area contributed by atoms with Crippen molar-refractivity contribution in [1.29, 1.82) is 0 Å². The number of rotatable bonds is 5. The Balaban J connectivity index is 1.85. The van der Waals surface area contributed by atoms with Crippen LogP contribution in [0.2, 0.25) is 0 Å². The Morgan fingerprint density at radius 1 is 1.35 bits per heavy atom. The van der Waals surface area contributed by atoms with E-state index in [9.17, 15) is 0 Å². The molecule has 2 N–H and O–H groups in total. The number of hydrogen-bond acceptors (Lipinski definition) is 6. The Labute approximate surface area is 104 Å². The van der Waals surface area contributed by atoms with Gasteiger partial charge >= 0.3 is 0 Å². The molecule has 0 aliphatic carbocycles. The van der Waals surface area contributed by atoms with E-state index in [-0.39, 0.29) is 0 Å². The largest absolute Gasteiger partial charge is 0.370 e. The smallest absolute Gasteiger partial charge is 0.224 e. The van der Waals surface area contributed by atoms with Crippen molar-refractivity contribution in [3.63, 3.8) is 0 Å². The molecule has 2 rings (SSSR count). The van der Waals surface area contributed by atoms with Crippen molar-refractivity contribution in [2.24, 2.45) is 0 Å². The molecular weight excluding hydrogens is 234 g/mol. The van der Waals surface area contributed by atoms with Crippen LogP contribution in [-0.2, 0) is 6.42 Å². The molecule has 0 aliphatic heterocycles. The van der Waals surface area contributed by atoms with Crippen LogP contribution in [0.15, 0.2) is 17.6 Å². The van der Waals surface area contributed by atoms with Crippen LogP contribution < -0.4 is 10.6 Å². The number of nitrogens with zero attached hydrogens (tertiary/aromatic N) is 3. The lowest BCUT2D eigenvalue weighted by molar-refractivity contribution is 0.957. The lowest BCUT2D eigenvalue weighted by Crippen LogP contribution is -2.07. The van der Waals surface area contributed by atoms with Crippen molar-refractivity contribution in [3.05, 3.63) is 28.3 Å². The van der Waals surface area contributed by atoms with Gasteiger partial charge in [0.15, 0.2) is 0 Å². The zero-order valence-corrected chi connectivity index (χ0v) is 10.7. The molecule has 0 amide bonds. The lowest BCUT2D eigenvalue weighted by atomic mass is 10.3. The van der Waals surface area contributed by atoms with Gasteiger partial charge < -0.3 is 10.6 Å². The fraction of sp³-hybridized carbons (Fsp3) is 0.364. The molecule has 0 atom stereocenters. The molecule has 0 unspecified atom stereocenters. The summed E-state index contributed by atoms with van der Waals surface area (Å²) in [5.74, 6) is 1.45. The van der Waals surface area contributed by atoms with Gasteiger partial charge in [0, 0.05) is 31.6 Å². The molecule has 6 heteroatoms. The van der Waals surface area contributed by atoms with Crippen molar-refractivity contribution >= 4 is 23.1 Å². The first-order valence-corrected chi connectivity index (χ1v) is 6.31. The quantitative estimate of drug-likeness (QED) is 0.848. The van der Waals surface area contributed by atoms with E-state index in [4.69, 9.17) is 0 Å². The van der Waals surface area contributed by atoms with Gasteiger partial charge in [-0.25, -0.2) is 9.97 Å². The van der Waals surface area contributed by atoms with Gasteiger partial charge in [0.2, 0.25) is 5.95 Å². The zero-order valence-electron chi connectivity index (χ0n) is 9.90. The summed E-state index contributed by atoms with van der Waals surface area (Å²) in [5, 5.41) is 9.36. The van der Waals surface area contributed by atoms with Gasteiger partial charge in [-0.1, -0.05) is 0 Å². The number of hydrogen-bond donors (Lipinski definition) is 2. The Hall–Kier alpha value is -1.69. The summed E-state index contributed by atoms with van der Waals surface area (Å²) >= 11 is 1.68. The minimum Gasteiger partial charge on any atom is -0.370 e. The fourth-order valence-corrected chi connectivity index (χ4v) is 2.07.